The van der Waals surface area contributed by atoms with Gasteiger partial charge in [0.1, 0.15) is 5.82 Å². The highest BCUT2D eigenvalue weighted by molar-refractivity contribution is 6.30. The zero-order valence-corrected chi connectivity index (χ0v) is 15.4. The van der Waals surface area contributed by atoms with Crippen molar-refractivity contribution in [3.63, 3.8) is 0 Å². The highest BCUT2D eigenvalue weighted by atomic mass is 35.5. The van der Waals surface area contributed by atoms with Gasteiger partial charge < -0.3 is 10.2 Å². The second-order valence-corrected chi connectivity index (χ2v) is 6.86. The van der Waals surface area contributed by atoms with Crippen LogP contribution in [-0.2, 0) is 0 Å². The first-order valence-electron chi connectivity index (χ1n) is 8.88. The summed E-state index contributed by atoms with van der Waals surface area (Å²) in [6.45, 7) is 5.40. The van der Waals surface area contributed by atoms with Gasteiger partial charge in [-0.3, -0.25) is 9.69 Å². The van der Waals surface area contributed by atoms with E-state index in [4.69, 9.17) is 11.6 Å². The molecule has 0 atom stereocenters. The first-order chi connectivity index (χ1) is 12.6. The maximum absolute atomic E-state index is 13.0. The molecule has 0 spiro atoms. The Morgan fingerprint density at radius 2 is 1.81 bits per heavy atom. The quantitative estimate of drug-likeness (QED) is 0.786. The van der Waals surface area contributed by atoms with Crippen LogP contribution in [0.2, 0.25) is 5.02 Å². The minimum absolute atomic E-state index is 0.0892. The standard InChI is InChI=1S/C20H23ClFN3O/c21-17-4-1-3-16(15-17)20(26)23-9-2-10-24-11-13-25(14-12-24)19-7-5-18(22)6-8-19/h1,3-8,15H,2,9-14H2,(H,23,26). The fraction of sp³-hybridized carbons (Fsp3) is 0.350. The van der Waals surface area contributed by atoms with E-state index in [0.717, 1.165) is 44.8 Å². The summed E-state index contributed by atoms with van der Waals surface area (Å²) >= 11 is 5.91. The van der Waals surface area contributed by atoms with Crippen molar-refractivity contribution in [2.75, 3.05) is 44.2 Å². The Balaban J connectivity index is 1.35. The molecule has 0 radical (unpaired) electrons. The Labute approximate surface area is 158 Å². The zero-order valence-electron chi connectivity index (χ0n) is 14.6. The van der Waals surface area contributed by atoms with Gasteiger partial charge in [-0.15, -0.1) is 0 Å². The molecule has 1 heterocycles. The third-order valence-electron chi connectivity index (χ3n) is 4.59. The molecule has 4 nitrogen and oxygen atoms in total. The number of piperazine rings is 1. The monoisotopic (exact) mass is 375 g/mol. The molecule has 0 bridgehead atoms. The van der Waals surface area contributed by atoms with Crippen molar-refractivity contribution in [3.8, 4) is 0 Å². The van der Waals surface area contributed by atoms with E-state index in [1.54, 1.807) is 24.3 Å². The molecule has 0 aliphatic carbocycles. The molecule has 1 aliphatic rings. The van der Waals surface area contributed by atoms with Gasteiger partial charge in [-0.05, 0) is 55.4 Å². The Morgan fingerprint density at radius 1 is 1.08 bits per heavy atom. The molecule has 1 fully saturated rings. The third-order valence-corrected chi connectivity index (χ3v) is 4.82. The van der Waals surface area contributed by atoms with Gasteiger partial charge in [-0.2, -0.15) is 0 Å². The Morgan fingerprint density at radius 3 is 2.50 bits per heavy atom. The van der Waals surface area contributed by atoms with E-state index >= 15 is 0 Å². The number of nitrogens with zero attached hydrogens (tertiary/aromatic N) is 2. The topological polar surface area (TPSA) is 35.6 Å². The minimum atomic E-state index is -0.202. The summed E-state index contributed by atoms with van der Waals surface area (Å²) in [5, 5.41) is 3.50. The lowest BCUT2D eigenvalue weighted by atomic mass is 10.2. The lowest BCUT2D eigenvalue weighted by Crippen LogP contribution is -2.47. The van der Waals surface area contributed by atoms with Crippen molar-refractivity contribution in [2.24, 2.45) is 0 Å². The smallest absolute Gasteiger partial charge is 0.251 e. The van der Waals surface area contributed by atoms with Crippen LogP contribution in [0.15, 0.2) is 48.5 Å². The minimum Gasteiger partial charge on any atom is -0.369 e. The maximum Gasteiger partial charge on any atom is 0.251 e. The number of nitrogens with one attached hydrogen (secondary N) is 1. The number of hydrogen-bond acceptors (Lipinski definition) is 3. The number of rotatable bonds is 6. The molecule has 1 amide bonds. The number of benzene rings is 2. The summed E-state index contributed by atoms with van der Waals surface area (Å²) in [5.41, 5.74) is 1.66. The second kappa shape index (κ2) is 9.01. The van der Waals surface area contributed by atoms with E-state index in [2.05, 4.69) is 15.1 Å². The Kier molecular flexibility index (Phi) is 6.47. The number of carbonyl (C=O) groups is 1. The lowest BCUT2D eigenvalue weighted by molar-refractivity contribution is 0.0951. The first kappa shape index (κ1) is 18.7. The van der Waals surface area contributed by atoms with Crippen LogP contribution in [0.25, 0.3) is 0 Å². The van der Waals surface area contributed by atoms with E-state index in [1.165, 1.54) is 12.1 Å². The van der Waals surface area contributed by atoms with Gasteiger partial charge in [0.15, 0.2) is 0 Å². The van der Waals surface area contributed by atoms with E-state index in [0.29, 0.717) is 17.1 Å². The molecule has 0 aromatic heterocycles. The third kappa shape index (κ3) is 5.19. The Hall–Kier alpha value is -2.11. The Bertz CT molecular complexity index is 730. The summed E-state index contributed by atoms with van der Waals surface area (Å²) in [4.78, 5) is 16.7. The van der Waals surface area contributed by atoms with Crippen molar-refractivity contribution in [1.29, 1.82) is 0 Å². The number of anilines is 1. The molecular weight excluding hydrogens is 353 g/mol. The maximum atomic E-state index is 13.0. The predicted octanol–water partition coefficient (Wildman–Crippen LogP) is 3.42. The van der Waals surface area contributed by atoms with Gasteiger partial charge in [0.25, 0.3) is 5.91 Å². The van der Waals surface area contributed by atoms with Crippen molar-refractivity contribution in [3.05, 3.63) is 64.9 Å². The van der Waals surface area contributed by atoms with Crippen LogP contribution >= 0.6 is 11.6 Å². The van der Waals surface area contributed by atoms with E-state index < -0.39 is 0 Å². The second-order valence-electron chi connectivity index (χ2n) is 6.42. The summed E-state index contributed by atoms with van der Waals surface area (Å²) in [7, 11) is 0. The largest absolute Gasteiger partial charge is 0.369 e. The molecule has 2 aromatic carbocycles. The molecule has 138 valence electrons. The molecule has 1 aliphatic heterocycles. The first-order valence-corrected chi connectivity index (χ1v) is 9.26. The van der Waals surface area contributed by atoms with E-state index in [9.17, 15) is 9.18 Å². The summed E-state index contributed by atoms with van der Waals surface area (Å²) in [5.74, 6) is -0.291. The van der Waals surface area contributed by atoms with Crippen LogP contribution < -0.4 is 10.2 Å². The highest BCUT2D eigenvalue weighted by Crippen LogP contribution is 2.17. The number of hydrogen-bond donors (Lipinski definition) is 1. The highest BCUT2D eigenvalue weighted by Gasteiger charge is 2.16. The van der Waals surface area contributed by atoms with Crippen LogP contribution in [-0.4, -0.2) is 50.1 Å². The SMILES string of the molecule is O=C(NCCCN1CCN(c2ccc(F)cc2)CC1)c1cccc(Cl)c1. The number of carbonyl (C=O) groups excluding carboxylic acids is 1. The molecule has 3 rings (SSSR count). The van der Waals surface area contributed by atoms with Crippen LogP contribution in [0.4, 0.5) is 10.1 Å². The van der Waals surface area contributed by atoms with Gasteiger partial charge in [0, 0.05) is 49.0 Å². The average Bonchev–Trinajstić information content (AvgIpc) is 2.66. The van der Waals surface area contributed by atoms with Crippen molar-refractivity contribution < 1.29 is 9.18 Å². The van der Waals surface area contributed by atoms with Gasteiger partial charge in [-0.1, -0.05) is 17.7 Å². The van der Waals surface area contributed by atoms with Gasteiger partial charge >= 0.3 is 0 Å². The normalized spacial score (nSPS) is 15.1. The van der Waals surface area contributed by atoms with Crippen molar-refractivity contribution in [2.45, 2.75) is 6.42 Å². The fourth-order valence-electron chi connectivity index (χ4n) is 3.12. The van der Waals surface area contributed by atoms with Gasteiger partial charge in [0.2, 0.25) is 0 Å². The number of amides is 1. The summed E-state index contributed by atoms with van der Waals surface area (Å²) in [6.07, 6.45) is 0.906. The average molecular weight is 376 g/mol. The predicted molar refractivity (Wildman–Crippen MR) is 103 cm³/mol. The number of halogens is 2. The van der Waals surface area contributed by atoms with Crippen LogP contribution in [0.5, 0.6) is 0 Å². The van der Waals surface area contributed by atoms with E-state index in [1.807, 2.05) is 12.1 Å². The van der Waals surface area contributed by atoms with Crippen LogP contribution in [0, 0.1) is 5.82 Å². The molecule has 0 saturated carbocycles. The van der Waals surface area contributed by atoms with Crippen LogP contribution in [0.3, 0.4) is 0 Å². The van der Waals surface area contributed by atoms with Gasteiger partial charge in [-0.25, -0.2) is 4.39 Å². The van der Waals surface area contributed by atoms with Crippen molar-refractivity contribution >= 4 is 23.2 Å². The molecule has 1 N–H and O–H groups in total. The molecule has 1 saturated heterocycles. The molecule has 2 aromatic rings. The molecular formula is C20H23ClFN3O. The summed E-state index contributed by atoms with van der Waals surface area (Å²) < 4.78 is 13.0. The summed E-state index contributed by atoms with van der Waals surface area (Å²) in [6, 6.07) is 13.6. The van der Waals surface area contributed by atoms with Crippen molar-refractivity contribution in [1.82, 2.24) is 10.2 Å². The van der Waals surface area contributed by atoms with Gasteiger partial charge in [0.05, 0.1) is 0 Å². The van der Waals surface area contributed by atoms with E-state index in [-0.39, 0.29) is 11.7 Å². The fourth-order valence-corrected chi connectivity index (χ4v) is 3.31. The lowest BCUT2D eigenvalue weighted by Gasteiger charge is -2.36. The molecule has 26 heavy (non-hydrogen) atoms. The zero-order chi connectivity index (χ0) is 18.4. The molecule has 6 heteroatoms. The van der Waals surface area contributed by atoms with Crippen LogP contribution in [0.1, 0.15) is 16.8 Å². The molecule has 0 unspecified atom stereocenters.